The number of benzene rings is 1. The molecule has 0 atom stereocenters. The maximum Gasteiger partial charge on any atom is 0.264 e. The second-order valence-electron chi connectivity index (χ2n) is 5.67. The molecule has 3 rings (SSSR count). The fourth-order valence-corrected chi connectivity index (χ4v) is 3.72. The molecule has 5 heteroatoms. The first-order valence-corrected chi connectivity index (χ1v) is 8.40. The van der Waals surface area contributed by atoms with E-state index in [0.29, 0.717) is 10.9 Å². The number of nitrogens with zero attached hydrogens (tertiary/aromatic N) is 1. The quantitative estimate of drug-likeness (QED) is 0.868. The lowest BCUT2D eigenvalue weighted by molar-refractivity contribution is -0.115. The van der Waals surface area contributed by atoms with E-state index < -0.39 is 0 Å². The van der Waals surface area contributed by atoms with E-state index in [1.165, 1.54) is 24.6 Å². The minimum atomic E-state index is -0.0600. The Morgan fingerprint density at radius 3 is 2.82 bits per heavy atom. The number of aliphatic imine (C=N–C) groups is 1. The highest BCUT2D eigenvalue weighted by Gasteiger charge is 2.25. The molecule has 0 unspecified atom stereocenters. The molecule has 1 N–H and O–H groups in total. The summed E-state index contributed by atoms with van der Waals surface area (Å²) in [6, 6.07) is 6.28. The van der Waals surface area contributed by atoms with Crippen molar-refractivity contribution in [2.24, 2.45) is 4.99 Å². The molecule has 4 nitrogen and oxygen atoms in total. The molecular formula is C17H20N2O2S. The van der Waals surface area contributed by atoms with Crippen molar-refractivity contribution < 1.29 is 9.53 Å². The first-order chi connectivity index (χ1) is 10.7. The normalized spacial score (nSPS) is 22.5. The predicted octanol–water partition coefficient (Wildman–Crippen LogP) is 3.51. The van der Waals surface area contributed by atoms with Crippen molar-refractivity contribution in [2.75, 3.05) is 7.11 Å². The maximum absolute atomic E-state index is 12.1. The van der Waals surface area contributed by atoms with Gasteiger partial charge in [-0.15, -0.1) is 0 Å². The largest absolute Gasteiger partial charge is 0.496 e. The summed E-state index contributed by atoms with van der Waals surface area (Å²) in [6.07, 6.45) is 6.67. The van der Waals surface area contributed by atoms with Crippen molar-refractivity contribution in [3.63, 3.8) is 0 Å². The minimum absolute atomic E-state index is 0.0600. The second-order valence-corrected chi connectivity index (χ2v) is 6.70. The summed E-state index contributed by atoms with van der Waals surface area (Å²) in [5.41, 5.74) is 2.05. The van der Waals surface area contributed by atoms with E-state index in [4.69, 9.17) is 4.74 Å². The van der Waals surface area contributed by atoms with Crippen molar-refractivity contribution >= 4 is 28.9 Å². The zero-order chi connectivity index (χ0) is 15.5. The Morgan fingerprint density at radius 1 is 1.36 bits per heavy atom. The lowest BCUT2D eigenvalue weighted by Gasteiger charge is -2.05. The Labute approximate surface area is 135 Å². The third kappa shape index (κ3) is 3.35. The van der Waals surface area contributed by atoms with Crippen LogP contribution in [0.15, 0.2) is 28.1 Å². The molecule has 22 heavy (non-hydrogen) atoms. The lowest BCUT2D eigenvalue weighted by Crippen LogP contribution is -2.21. The number of hydrogen-bond acceptors (Lipinski definition) is 4. The molecule has 0 spiro atoms. The Kier molecular flexibility index (Phi) is 4.52. The highest BCUT2D eigenvalue weighted by atomic mass is 32.2. The number of aryl methyl sites for hydroxylation is 1. The smallest absolute Gasteiger partial charge is 0.264 e. The zero-order valence-corrected chi connectivity index (χ0v) is 13.7. The number of amides is 1. The average Bonchev–Trinajstić information content (AvgIpc) is 3.10. The summed E-state index contributed by atoms with van der Waals surface area (Å²) in [7, 11) is 1.66. The fourth-order valence-electron chi connectivity index (χ4n) is 2.83. The van der Waals surface area contributed by atoms with Crippen LogP contribution in [0.25, 0.3) is 6.08 Å². The van der Waals surface area contributed by atoms with E-state index in [1.54, 1.807) is 7.11 Å². The van der Waals surface area contributed by atoms with Gasteiger partial charge in [-0.3, -0.25) is 9.79 Å². The molecule has 0 radical (unpaired) electrons. The van der Waals surface area contributed by atoms with Crippen molar-refractivity contribution in [3.8, 4) is 5.75 Å². The number of hydrogen-bond donors (Lipinski definition) is 1. The first-order valence-electron chi connectivity index (χ1n) is 7.59. The van der Waals surface area contributed by atoms with Crippen molar-refractivity contribution in [2.45, 2.75) is 38.6 Å². The van der Waals surface area contributed by atoms with E-state index in [2.05, 4.69) is 10.3 Å². The van der Waals surface area contributed by atoms with Gasteiger partial charge >= 0.3 is 0 Å². The number of nitrogens with one attached hydrogen (secondary N) is 1. The molecule has 1 aromatic rings. The summed E-state index contributed by atoms with van der Waals surface area (Å²) in [4.78, 5) is 17.4. The van der Waals surface area contributed by atoms with Crippen LogP contribution in [0.2, 0.25) is 0 Å². The zero-order valence-electron chi connectivity index (χ0n) is 12.9. The third-order valence-corrected chi connectivity index (χ3v) is 4.92. The fraction of sp³-hybridized carbons (Fsp3) is 0.412. The van der Waals surface area contributed by atoms with Crippen molar-refractivity contribution in [1.82, 2.24) is 5.32 Å². The van der Waals surface area contributed by atoms with E-state index in [9.17, 15) is 4.79 Å². The van der Waals surface area contributed by atoms with Crippen LogP contribution in [0, 0.1) is 6.92 Å². The number of carbonyl (C=O) groups is 1. The van der Waals surface area contributed by atoms with Gasteiger partial charge in [0.25, 0.3) is 5.91 Å². The molecule has 1 aliphatic heterocycles. The number of methoxy groups -OCH3 is 1. The number of thioether (sulfide) groups is 1. The molecule has 116 valence electrons. The molecule has 1 aromatic carbocycles. The summed E-state index contributed by atoms with van der Waals surface area (Å²) in [5.74, 6) is 0.796. The molecule has 2 fully saturated rings. The van der Waals surface area contributed by atoms with Gasteiger partial charge in [-0.2, -0.15) is 0 Å². The van der Waals surface area contributed by atoms with Crippen molar-refractivity contribution in [1.29, 1.82) is 0 Å². The predicted molar refractivity (Wildman–Crippen MR) is 91.1 cm³/mol. The summed E-state index contributed by atoms with van der Waals surface area (Å²) < 4.78 is 5.26. The third-order valence-electron chi connectivity index (χ3n) is 3.99. The van der Waals surface area contributed by atoms with E-state index >= 15 is 0 Å². The SMILES string of the molecule is COc1ccc(/C=C2/SC(=NC3CCCC3)NC2=O)cc1C. The number of amidine groups is 1. The molecule has 0 aromatic heterocycles. The van der Waals surface area contributed by atoms with Gasteiger partial charge in [0.15, 0.2) is 5.17 Å². The molecule has 1 heterocycles. The molecule has 0 bridgehead atoms. The van der Waals surface area contributed by atoms with E-state index in [1.807, 2.05) is 31.2 Å². The van der Waals surface area contributed by atoms with Gasteiger partial charge in [0.2, 0.25) is 0 Å². The van der Waals surface area contributed by atoms with Crippen LogP contribution >= 0.6 is 11.8 Å². The van der Waals surface area contributed by atoms with Gasteiger partial charge < -0.3 is 10.1 Å². The number of carbonyl (C=O) groups excluding carboxylic acids is 1. The van der Waals surface area contributed by atoms with Crippen molar-refractivity contribution in [3.05, 3.63) is 34.2 Å². The van der Waals surface area contributed by atoms with Crippen LogP contribution in [0.1, 0.15) is 36.8 Å². The molecule has 1 amide bonds. The van der Waals surface area contributed by atoms with Gasteiger partial charge in [-0.1, -0.05) is 18.9 Å². The molecule has 1 saturated carbocycles. The Balaban J connectivity index is 1.76. The van der Waals surface area contributed by atoms with Crippen LogP contribution in [0.3, 0.4) is 0 Å². The van der Waals surface area contributed by atoms with Gasteiger partial charge in [-0.05, 0) is 60.9 Å². The van der Waals surface area contributed by atoms with Gasteiger partial charge in [0, 0.05) is 0 Å². The van der Waals surface area contributed by atoms with Gasteiger partial charge in [0.05, 0.1) is 18.1 Å². The molecular weight excluding hydrogens is 296 g/mol. The standard InChI is InChI=1S/C17H20N2O2S/c1-11-9-12(7-8-14(11)21-2)10-15-16(20)19-17(22-15)18-13-5-3-4-6-13/h7-10,13H,3-6H2,1-2H3,(H,18,19,20)/b15-10+. The topological polar surface area (TPSA) is 50.7 Å². The van der Waals surface area contributed by atoms with Crippen LogP contribution in [-0.4, -0.2) is 24.2 Å². The molecule has 1 aliphatic carbocycles. The van der Waals surface area contributed by atoms with Gasteiger partial charge in [-0.25, -0.2) is 0 Å². The monoisotopic (exact) mass is 316 g/mol. The summed E-state index contributed by atoms with van der Waals surface area (Å²) in [6.45, 7) is 2.00. The molecule has 2 aliphatic rings. The second kappa shape index (κ2) is 6.57. The Morgan fingerprint density at radius 2 is 2.14 bits per heavy atom. The number of ether oxygens (including phenoxy) is 1. The first kappa shape index (κ1) is 15.2. The van der Waals surface area contributed by atoms with Gasteiger partial charge in [0.1, 0.15) is 5.75 Å². The summed E-state index contributed by atoms with van der Waals surface area (Å²) >= 11 is 1.44. The Hall–Kier alpha value is -1.75. The van der Waals surface area contributed by atoms with Crippen LogP contribution < -0.4 is 10.1 Å². The highest BCUT2D eigenvalue weighted by molar-refractivity contribution is 8.18. The molecule has 1 saturated heterocycles. The van der Waals surface area contributed by atoms with E-state index in [-0.39, 0.29) is 5.91 Å². The van der Waals surface area contributed by atoms with E-state index in [0.717, 1.165) is 34.9 Å². The van der Waals surface area contributed by atoms with Crippen LogP contribution in [0.4, 0.5) is 0 Å². The maximum atomic E-state index is 12.1. The summed E-state index contributed by atoms with van der Waals surface area (Å²) in [5, 5.41) is 3.61. The van der Waals surface area contributed by atoms with Crippen LogP contribution in [-0.2, 0) is 4.79 Å². The lowest BCUT2D eigenvalue weighted by atomic mass is 10.1. The minimum Gasteiger partial charge on any atom is -0.496 e. The highest BCUT2D eigenvalue weighted by Crippen LogP contribution is 2.29. The van der Waals surface area contributed by atoms with Crippen LogP contribution in [0.5, 0.6) is 5.75 Å². The Bertz CT molecular complexity index is 646. The average molecular weight is 316 g/mol. The number of rotatable bonds is 3.